The molecule has 3 fully saturated rings. The Kier molecular flexibility index (Phi) is 6.54. The Labute approximate surface area is 139 Å². The second-order valence-corrected chi connectivity index (χ2v) is 7.03. The topological polar surface area (TPSA) is 62.8 Å². The number of rotatable bonds is 5. The van der Waals surface area contributed by atoms with Crippen molar-refractivity contribution in [2.24, 2.45) is 5.92 Å². The lowest BCUT2D eigenvalue weighted by molar-refractivity contribution is 0.00210. The highest BCUT2D eigenvalue weighted by molar-refractivity contribution is 5.74. The number of urea groups is 1. The Bertz CT molecular complexity index is 362. The highest BCUT2D eigenvalue weighted by Gasteiger charge is 2.31. The molecule has 2 atom stereocenters. The molecule has 0 aromatic rings. The summed E-state index contributed by atoms with van der Waals surface area (Å²) in [5, 5.41) is 6.26. The third-order valence-corrected chi connectivity index (χ3v) is 5.44. The molecule has 0 aromatic carbocycles. The minimum absolute atomic E-state index is 0.00549. The molecule has 2 amide bonds. The smallest absolute Gasteiger partial charge is 0.315 e. The highest BCUT2D eigenvalue weighted by atomic mass is 16.5. The van der Waals surface area contributed by atoms with Gasteiger partial charge < -0.3 is 20.1 Å². The van der Waals surface area contributed by atoms with Crippen LogP contribution < -0.4 is 10.6 Å². The molecule has 3 aliphatic rings. The normalized spacial score (nSPS) is 28.4. The van der Waals surface area contributed by atoms with Gasteiger partial charge in [-0.05, 0) is 19.3 Å². The maximum absolute atomic E-state index is 12.2. The summed E-state index contributed by atoms with van der Waals surface area (Å²) in [7, 11) is 0. The second kappa shape index (κ2) is 8.85. The molecule has 2 heterocycles. The number of ether oxygens (including phenoxy) is 2. The monoisotopic (exact) mass is 325 g/mol. The van der Waals surface area contributed by atoms with Crippen LogP contribution in [0.4, 0.5) is 4.79 Å². The van der Waals surface area contributed by atoms with E-state index in [1.165, 1.54) is 19.3 Å². The zero-order chi connectivity index (χ0) is 15.9. The fraction of sp³-hybridized carbons (Fsp3) is 0.941. The van der Waals surface area contributed by atoms with Crippen molar-refractivity contribution in [1.29, 1.82) is 0 Å². The lowest BCUT2D eigenvalue weighted by Crippen LogP contribution is -2.54. The Morgan fingerprint density at radius 1 is 1.04 bits per heavy atom. The third-order valence-electron chi connectivity index (χ3n) is 5.44. The molecular weight excluding hydrogens is 294 g/mol. The van der Waals surface area contributed by atoms with Crippen LogP contribution in [0.3, 0.4) is 0 Å². The number of carbonyl (C=O) groups is 1. The molecular formula is C17H31N3O3. The zero-order valence-corrected chi connectivity index (χ0v) is 14.1. The van der Waals surface area contributed by atoms with Crippen molar-refractivity contribution in [3.8, 4) is 0 Å². The molecule has 2 saturated heterocycles. The van der Waals surface area contributed by atoms with E-state index < -0.39 is 0 Å². The van der Waals surface area contributed by atoms with Crippen molar-refractivity contribution in [2.75, 3.05) is 46.1 Å². The lowest BCUT2D eigenvalue weighted by Gasteiger charge is -2.37. The molecule has 23 heavy (non-hydrogen) atoms. The van der Waals surface area contributed by atoms with Crippen molar-refractivity contribution in [3.05, 3.63) is 0 Å². The van der Waals surface area contributed by atoms with E-state index >= 15 is 0 Å². The number of morpholine rings is 1. The fourth-order valence-electron chi connectivity index (χ4n) is 4.04. The Balaban J connectivity index is 1.47. The largest absolute Gasteiger partial charge is 0.381 e. The fourth-order valence-corrected chi connectivity index (χ4v) is 4.04. The molecule has 1 aliphatic carbocycles. The minimum atomic E-state index is -0.00549. The summed E-state index contributed by atoms with van der Waals surface area (Å²) in [6, 6.07) is 0.716. The average Bonchev–Trinajstić information content (AvgIpc) is 3.11. The van der Waals surface area contributed by atoms with Gasteiger partial charge in [-0.25, -0.2) is 4.79 Å². The SMILES string of the molecule is O=C(NCC(C1CCOC1)N1CCOCC1)NC1CCCCC1. The predicted molar refractivity (Wildman–Crippen MR) is 88.5 cm³/mol. The van der Waals surface area contributed by atoms with Gasteiger partial charge in [-0.15, -0.1) is 0 Å². The van der Waals surface area contributed by atoms with Crippen LogP contribution in [0, 0.1) is 5.92 Å². The van der Waals surface area contributed by atoms with Crippen molar-refractivity contribution in [1.82, 2.24) is 15.5 Å². The van der Waals surface area contributed by atoms with Crippen molar-refractivity contribution < 1.29 is 14.3 Å². The predicted octanol–water partition coefficient (Wildman–Crippen LogP) is 1.36. The summed E-state index contributed by atoms with van der Waals surface area (Å²) in [4.78, 5) is 14.7. The summed E-state index contributed by atoms with van der Waals surface area (Å²) in [6.07, 6.45) is 7.11. The van der Waals surface area contributed by atoms with E-state index in [-0.39, 0.29) is 6.03 Å². The van der Waals surface area contributed by atoms with E-state index in [1.807, 2.05) is 0 Å². The van der Waals surface area contributed by atoms with Crippen LogP contribution in [-0.2, 0) is 9.47 Å². The molecule has 2 N–H and O–H groups in total. The van der Waals surface area contributed by atoms with Crippen LogP contribution in [0.1, 0.15) is 38.5 Å². The molecule has 2 unspecified atom stereocenters. The van der Waals surface area contributed by atoms with Crippen LogP contribution >= 0.6 is 0 Å². The van der Waals surface area contributed by atoms with Crippen LogP contribution in [0.15, 0.2) is 0 Å². The van der Waals surface area contributed by atoms with Crippen molar-refractivity contribution in [3.63, 3.8) is 0 Å². The average molecular weight is 325 g/mol. The Hall–Kier alpha value is -0.850. The lowest BCUT2D eigenvalue weighted by atomic mass is 9.95. The maximum atomic E-state index is 12.2. The molecule has 6 nitrogen and oxygen atoms in total. The summed E-state index contributed by atoms with van der Waals surface area (Å²) in [5.41, 5.74) is 0. The second-order valence-electron chi connectivity index (χ2n) is 7.03. The van der Waals surface area contributed by atoms with Gasteiger partial charge in [0.1, 0.15) is 0 Å². The highest BCUT2D eigenvalue weighted by Crippen LogP contribution is 2.22. The third kappa shape index (κ3) is 5.06. The van der Waals surface area contributed by atoms with Crippen molar-refractivity contribution >= 4 is 6.03 Å². The summed E-state index contributed by atoms with van der Waals surface area (Å²) in [6.45, 7) is 5.84. The van der Waals surface area contributed by atoms with E-state index in [2.05, 4.69) is 15.5 Å². The molecule has 0 bridgehead atoms. The number of nitrogens with one attached hydrogen (secondary N) is 2. The number of hydrogen-bond donors (Lipinski definition) is 2. The standard InChI is InChI=1S/C17H31N3O3/c21-17(19-15-4-2-1-3-5-15)18-12-16(14-6-9-23-13-14)20-7-10-22-11-8-20/h14-16H,1-13H2,(H2,18,19,21). The van der Waals surface area contributed by atoms with E-state index in [0.29, 0.717) is 24.5 Å². The van der Waals surface area contributed by atoms with Gasteiger partial charge in [0, 0.05) is 44.2 Å². The molecule has 0 spiro atoms. The first kappa shape index (κ1) is 17.0. The summed E-state index contributed by atoms with van der Waals surface area (Å²) < 4.78 is 11.0. The summed E-state index contributed by atoms with van der Waals surface area (Å²) >= 11 is 0. The first-order valence-electron chi connectivity index (χ1n) is 9.27. The number of nitrogens with zero attached hydrogens (tertiary/aromatic N) is 1. The first-order valence-corrected chi connectivity index (χ1v) is 9.27. The van der Waals surface area contributed by atoms with Gasteiger partial charge in [-0.3, -0.25) is 4.90 Å². The number of amides is 2. The van der Waals surface area contributed by atoms with Crippen LogP contribution in [0.5, 0.6) is 0 Å². The quantitative estimate of drug-likeness (QED) is 0.801. The molecule has 132 valence electrons. The number of hydrogen-bond acceptors (Lipinski definition) is 4. The molecule has 3 rings (SSSR count). The Morgan fingerprint density at radius 2 is 1.83 bits per heavy atom. The maximum Gasteiger partial charge on any atom is 0.315 e. The van der Waals surface area contributed by atoms with E-state index in [0.717, 1.165) is 58.8 Å². The molecule has 0 radical (unpaired) electrons. The van der Waals surface area contributed by atoms with Gasteiger partial charge in [0.25, 0.3) is 0 Å². The zero-order valence-electron chi connectivity index (χ0n) is 14.1. The van der Waals surface area contributed by atoms with Gasteiger partial charge in [0.05, 0.1) is 19.8 Å². The van der Waals surface area contributed by atoms with Gasteiger partial charge in [-0.1, -0.05) is 19.3 Å². The first-order chi connectivity index (χ1) is 11.3. The van der Waals surface area contributed by atoms with Gasteiger partial charge in [0.15, 0.2) is 0 Å². The van der Waals surface area contributed by atoms with E-state index in [9.17, 15) is 4.79 Å². The molecule has 6 heteroatoms. The van der Waals surface area contributed by atoms with Crippen LogP contribution in [-0.4, -0.2) is 69.1 Å². The van der Waals surface area contributed by atoms with Gasteiger partial charge in [0.2, 0.25) is 0 Å². The minimum Gasteiger partial charge on any atom is -0.381 e. The van der Waals surface area contributed by atoms with E-state index in [4.69, 9.17) is 9.47 Å². The molecule has 1 saturated carbocycles. The number of carbonyl (C=O) groups excluding carboxylic acids is 1. The van der Waals surface area contributed by atoms with Crippen LogP contribution in [0.2, 0.25) is 0 Å². The van der Waals surface area contributed by atoms with Gasteiger partial charge in [-0.2, -0.15) is 0 Å². The van der Waals surface area contributed by atoms with Gasteiger partial charge >= 0.3 is 6.03 Å². The van der Waals surface area contributed by atoms with Crippen molar-refractivity contribution in [2.45, 2.75) is 50.6 Å². The Morgan fingerprint density at radius 3 is 2.52 bits per heavy atom. The molecule has 2 aliphatic heterocycles. The van der Waals surface area contributed by atoms with Crippen LogP contribution in [0.25, 0.3) is 0 Å². The van der Waals surface area contributed by atoms with E-state index in [1.54, 1.807) is 0 Å². The summed E-state index contributed by atoms with van der Waals surface area (Å²) in [5.74, 6) is 0.517. The molecule has 0 aromatic heterocycles.